The Labute approximate surface area is 153 Å². The number of carbonyl (C=O) groups excluding carboxylic acids is 2. The number of para-hydroxylation sites is 1. The molecule has 1 aliphatic carbocycles. The molecule has 1 saturated heterocycles. The van der Waals surface area contributed by atoms with Gasteiger partial charge in [0.15, 0.2) is 5.78 Å². The third-order valence-corrected chi connectivity index (χ3v) is 6.49. The van der Waals surface area contributed by atoms with Gasteiger partial charge in [0.2, 0.25) is 0 Å². The topological polar surface area (TPSA) is 62.4 Å². The average molecular weight is 354 g/mol. The van der Waals surface area contributed by atoms with Crippen molar-refractivity contribution in [3.63, 3.8) is 0 Å². The third-order valence-electron chi connectivity index (χ3n) is 6.49. The molecule has 26 heavy (non-hydrogen) atoms. The normalized spacial score (nSPS) is 29.1. The zero-order valence-electron chi connectivity index (χ0n) is 15.6. The van der Waals surface area contributed by atoms with E-state index in [1.54, 1.807) is 0 Å². The summed E-state index contributed by atoms with van der Waals surface area (Å²) in [5.41, 5.74) is 2.77. The first-order valence-electron chi connectivity index (χ1n) is 9.46. The van der Waals surface area contributed by atoms with Gasteiger partial charge in [-0.2, -0.15) is 0 Å². The van der Waals surface area contributed by atoms with Crippen LogP contribution in [0.4, 0.5) is 0 Å². The number of H-pyrrole nitrogens is 1. The SMILES string of the molecule is CCC1CN(C)[C@H]2Cc3c([nH]c4ccccc34)C(=O)C[C@@H]1[C@H]2C(=O)OC. The number of benzene rings is 1. The van der Waals surface area contributed by atoms with E-state index in [0.29, 0.717) is 18.8 Å². The van der Waals surface area contributed by atoms with E-state index < -0.39 is 0 Å². The lowest BCUT2D eigenvalue weighted by Crippen LogP contribution is -2.56. The van der Waals surface area contributed by atoms with Crippen LogP contribution >= 0.6 is 0 Å². The van der Waals surface area contributed by atoms with Crippen LogP contribution in [0.5, 0.6) is 0 Å². The molecular formula is C21H26N2O3. The number of hydrogen-bond acceptors (Lipinski definition) is 4. The molecule has 0 spiro atoms. The summed E-state index contributed by atoms with van der Waals surface area (Å²) < 4.78 is 5.17. The molecule has 5 nitrogen and oxygen atoms in total. The molecule has 138 valence electrons. The van der Waals surface area contributed by atoms with E-state index in [9.17, 15) is 9.59 Å². The minimum atomic E-state index is -0.255. The number of nitrogens with zero attached hydrogens (tertiary/aromatic N) is 1. The first-order valence-corrected chi connectivity index (χ1v) is 9.46. The summed E-state index contributed by atoms with van der Waals surface area (Å²) in [4.78, 5) is 31.5. The summed E-state index contributed by atoms with van der Waals surface area (Å²) in [6.07, 6.45) is 2.05. The highest BCUT2D eigenvalue weighted by molar-refractivity contribution is 6.03. The zero-order valence-corrected chi connectivity index (χ0v) is 15.6. The van der Waals surface area contributed by atoms with Crippen molar-refractivity contribution in [2.45, 2.75) is 32.2 Å². The van der Waals surface area contributed by atoms with Crippen molar-refractivity contribution in [3.05, 3.63) is 35.5 Å². The lowest BCUT2D eigenvalue weighted by molar-refractivity contribution is -0.154. The van der Waals surface area contributed by atoms with Gasteiger partial charge in [0.05, 0.1) is 18.7 Å². The van der Waals surface area contributed by atoms with Gasteiger partial charge in [-0.1, -0.05) is 31.5 Å². The smallest absolute Gasteiger partial charge is 0.310 e. The quantitative estimate of drug-likeness (QED) is 0.842. The Bertz CT molecular complexity index is 856. The molecule has 0 radical (unpaired) electrons. The molecule has 4 rings (SSSR count). The number of aromatic amines is 1. The van der Waals surface area contributed by atoms with Gasteiger partial charge < -0.3 is 14.6 Å². The Morgan fingerprint density at radius 3 is 2.81 bits per heavy atom. The van der Waals surface area contributed by atoms with E-state index in [-0.39, 0.29) is 29.6 Å². The van der Waals surface area contributed by atoms with Gasteiger partial charge in [-0.25, -0.2) is 0 Å². The van der Waals surface area contributed by atoms with Crippen molar-refractivity contribution in [1.82, 2.24) is 9.88 Å². The van der Waals surface area contributed by atoms with Gasteiger partial charge in [0.25, 0.3) is 0 Å². The van der Waals surface area contributed by atoms with Crippen LogP contribution in [0.1, 0.15) is 35.8 Å². The molecule has 5 heteroatoms. The van der Waals surface area contributed by atoms with Crippen molar-refractivity contribution in [2.75, 3.05) is 20.7 Å². The van der Waals surface area contributed by atoms with Crippen LogP contribution < -0.4 is 0 Å². The van der Waals surface area contributed by atoms with Crippen LogP contribution in [0.2, 0.25) is 0 Å². The Hall–Kier alpha value is -2.14. The molecule has 1 fully saturated rings. The molecule has 1 unspecified atom stereocenters. The first kappa shape index (κ1) is 17.3. The Morgan fingerprint density at radius 1 is 1.31 bits per heavy atom. The highest BCUT2D eigenvalue weighted by Crippen LogP contribution is 2.42. The minimum absolute atomic E-state index is 0.0423. The molecule has 0 saturated carbocycles. The lowest BCUT2D eigenvalue weighted by Gasteiger charge is -2.47. The van der Waals surface area contributed by atoms with Crippen LogP contribution in [0.15, 0.2) is 24.3 Å². The number of methoxy groups -OCH3 is 1. The number of likely N-dealkylation sites (tertiary alicyclic amines) is 1. The van der Waals surface area contributed by atoms with E-state index >= 15 is 0 Å². The fourth-order valence-electron chi connectivity index (χ4n) is 5.15. The Morgan fingerprint density at radius 2 is 2.08 bits per heavy atom. The number of rotatable bonds is 2. The lowest BCUT2D eigenvalue weighted by atomic mass is 9.67. The number of ether oxygens (including phenoxy) is 1. The van der Waals surface area contributed by atoms with Gasteiger partial charge in [0.1, 0.15) is 0 Å². The summed E-state index contributed by atoms with van der Waals surface area (Å²) in [5.74, 6) is 0.0584. The standard InChI is InChI=1S/C21H26N2O3/c1-4-12-11-23(2)17-9-15-13-7-5-6-8-16(13)22-20(15)18(24)10-14(12)19(17)21(25)26-3/h5-8,12,14,17,19,22H,4,9-11H2,1-3H3/t12?,14-,17-,19+/m0/s1. The van der Waals surface area contributed by atoms with Crippen molar-refractivity contribution in [2.24, 2.45) is 17.8 Å². The van der Waals surface area contributed by atoms with Crippen LogP contribution in [0, 0.1) is 17.8 Å². The highest BCUT2D eigenvalue weighted by atomic mass is 16.5. The second-order valence-electron chi connectivity index (χ2n) is 7.74. The third kappa shape index (κ3) is 2.57. The number of nitrogens with one attached hydrogen (secondary N) is 1. The zero-order chi connectivity index (χ0) is 18.4. The maximum Gasteiger partial charge on any atom is 0.310 e. The van der Waals surface area contributed by atoms with Gasteiger partial charge in [0, 0.05) is 29.9 Å². The predicted molar refractivity (Wildman–Crippen MR) is 100 cm³/mol. The molecule has 2 aliphatic rings. The summed E-state index contributed by atoms with van der Waals surface area (Å²) in [7, 11) is 3.55. The molecule has 1 aliphatic heterocycles. The molecule has 4 atom stereocenters. The number of aromatic nitrogens is 1. The monoisotopic (exact) mass is 354 g/mol. The number of Topliss-reactive ketones (excluding diaryl/α,β-unsaturated/α-hetero) is 1. The second-order valence-corrected chi connectivity index (χ2v) is 7.74. The van der Waals surface area contributed by atoms with Crippen molar-refractivity contribution in [3.8, 4) is 0 Å². The van der Waals surface area contributed by atoms with Gasteiger partial charge in [-0.15, -0.1) is 0 Å². The maximum atomic E-state index is 13.1. The number of ketones is 1. The van der Waals surface area contributed by atoms with E-state index in [1.165, 1.54) is 7.11 Å². The van der Waals surface area contributed by atoms with Crippen LogP contribution in [0.3, 0.4) is 0 Å². The molecule has 2 heterocycles. The van der Waals surface area contributed by atoms with E-state index in [0.717, 1.165) is 35.1 Å². The van der Waals surface area contributed by atoms with E-state index in [1.807, 2.05) is 18.2 Å². The molecule has 2 bridgehead atoms. The maximum absolute atomic E-state index is 13.1. The summed E-state index contributed by atoms with van der Waals surface area (Å²) >= 11 is 0. The molecule has 1 aromatic carbocycles. The van der Waals surface area contributed by atoms with Crippen LogP contribution in [-0.2, 0) is 16.0 Å². The molecule has 1 N–H and O–H groups in total. The molecule has 2 aromatic rings. The largest absolute Gasteiger partial charge is 0.469 e. The molecule has 1 aromatic heterocycles. The van der Waals surface area contributed by atoms with Crippen LogP contribution in [0.25, 0.3) is 10.9 Å². The molecule has 0 amide bonds. The number of carbonyl (C=O) groups is 2. The number of fused-ring (bicyclic) bond motifs is 5. The number of piperidine rings is 1. The summed E-state index contributed by atoms with van der Waals surface area (Å²) in [6, 6.07) is 8.10. The van der Waals surface area contributed by atoms with Crippen LogP contribution in [-0.4, -0.2) is 48.4 Å². The number of likely N-dealkylation sites (N-methyl/N-ethyl adjacent to an activating group) is 1. The van der Waals surface area contributed by atoms with E-state index in [4.69, 9.17) is 4.74 Å². The number of esters is 1. The Balaban J connectivity index is 1.88. The van der Waals surface area contributed by atoms with Gasteiger partial charge in [-0.05, 0) is 36.9 Å². The minimum Gasteiger partial charge on any atom is -0.469 e. The van der Waals surface area contributed by atoms with Crippen molar-refractivity contribution >= 4 is 22.7 Å². The van der Waals surface area contributed by atoms with Crippen molar-refractivity contribution in [1.29, 1.82) is 0 Å². The fraction of sp³-hybridized carbons (Fsp3) is 0.524. The summed E-state index contributed by atoms with van der Waals surface area (Å²) in [6.45, 7) is 3.06. The Kier molecular flexibility index (Phi) is 4.35. The van der Waals surface area contributed by atoms with E-state index in [2.05, 4.69) is 29.9 Å². The number of hydrogen-bond donors (Lipinski definition) is 1. The molecular weight excluding hydrogens is 328 g/mol. The predicted octanol–water partition coefficient (Wildman–Crippen LogP) is 3.04. The highest BCUT2D eigenvalue weighted by Gasteiger charge is 2.48. The van der Waals surface area contributed by atoms with Crippen molar-refractivity contribution < 1.29 is 14.3 Å². The summed E-state index contributed by atoms with van der Waals surface area (Å²) in [5, 5.41) is 1.09. The average Bonchev–Trinajstić information content (AvgIpc) is 3.01. The first-order chi connectivity index (χ1) is 12.5. The fourth-order valence-corrected chi connectivity index (χ4v) is 5.15. The van der Waals surface area contributed by atoms with Gasteiger partial charge >= 0.3 is 5.97 Å². The van der Waals surface area contributed by atoms with Gasteiger partial charge in [-0.3, -0.25) is 9.59 Å². The second kappa shape index (κ2) is 6.54.